The topological polar surface area (TPSA) is 54.3 Å². The zero-order chi connectivity index (χ0) is 17.5. The summed E-state index contributed by atoms with van der Waals surface area (Å²) in [5.41, 5.74) is 2.89. The zero-order valence-corrected chi connectivity index (χ0v) is 14.2. The first-order valence-electron chi connectivity index (χ1n) is 7.86. The van der Waals surface area contributed by atoms with E-state index in [4.69, 9.17) is 0 Å². The Morgan fingerprint density at radius 1 is 1.25 bits per heavy atom. The average Bonchev–Trinajstić information content (AvgIpc) is 2.98. The Labute approximate surface area is 142 Å². The second-order valence-corrected chi connectivity index (χ2v) is 5.75. The molecule has 2 amide bonds. The second kappa shape index (κ2) is 8.15. The predicted octanol–water partition coefficient (Wildman–Crippen LogP) is 2.74. The van der Waals surface area contributed by atoms with Crippen LogP contribution in [0.25, 0.3) is 0 Å². The Balaban J connectivity index is 1.83. The van der Waals surface area contributed by atoms with Gasteiger partial charge in [-0.15, -0.1) is 0 Å². The van der Waals surface area contributed by atoms with Crippen LogP contribution in [0, 0.1) is 0 Å². The van der Waals surface area contributed by atoms with E-state index < -0.39 is 0 Å². The minimum absolute atomic E-state index is 0.111. The van der Waals surface area contributed by atoms with Gasteiger partial charge in [0.1, 0.15) is 0 Å². The first kappa shape index (κ1) is 17.5. The predicted molar refractivity (Wildman–Crippen MR) is 95.5 cm³/mol. The molecule has 0 saturated carbocycles. The van der Waals surface area contributed by atoms with Crippen molar-refractivity contribution in [3.63, 3.8) is 0 Å². The molecule has 0 fully saturated rings. The Kier molecular flexibility index (Phi) is 5.95. The third kappa shape index (κ3) is 4.84. The van der Waals surface area contributed by atoms with Gasteiger partial charge in [-0.05, 0) is 42.3 Å². The largest absolute Gasteiger partial charge is 0.353 e. The molecule has 0 bridgehead atoms. The summed E-state index contributed by atoms with van der Waals surface area (Å²) < 4.78 is 2.01. The van der Waals surface area contributed by atoms with E-state index in [1.807, 2.05) is 61.3 Å². The molecule has 2 aromatic rings. The van der Waals surface area contributed by atoms with Gasteiger partial charge in [0.05, 0.1) is 6.54 Å². The first-order chi connectivity index (χ1) is 11.5. The first-order valence-corrected chi connectivity index (χ1v) is 7.86. The number of anilines is 1. The fourth-order valence-corrected chi connectivity index (χ4v) is 2.38. The lowest BCUT2D eigenvalue weighted by Gasteiger charge is -2.17. The van der Waals surface area contributed by atoms with E-state index in [2.05, 4.69) is 11.9 Å². The normalized spacial score (nSPS) is 10.2. The maximum absolute atomic E-state index is 12.3. The van der Waals surface area contributed by atoms with Crippen LogP contribution >= 0.6 is 0 Å². The van der Waals surface area contributed by atoms with Gasteiger partial charge in [0.25, 0.3) is 0 Å². The fraction of sp³-hybridized carbons (Fsp3) is 0.263. The van der Waals surface area contributed by atoms with Gasteiger partial charge in [-0.25, -0.2) is 0 Å². The Hall–Kier alpha value is -2.82. The van der Waals surface area contributed by atoms with Crippen molar-refractivity contribution in [3.8, 4) is 0 Å². The number of nitrogens with one attached hydrogen (secondary N) is 1. The summed E-state index contributed by atoms with van der Waals surface area (Å²) in [6.07, 6.45) is 4.33. The number of hydrogen-bond acceptors (Lipinski definition) is 2. The molecular formula is C19H23N3O2. The van der Waals surface area contributed by atoms with E-state index in [1.165, 1.54) is 6.08 Å². The maximum Gasteiger partial charge on any atom is 0.247 e. The molecule has 24 heavy (non-hydrogen) atoms. The highest BCUT2D eigenvalue weighted by Crippen LogP contribution is 2.12. The SMILES string of the molecule is C=CC(=O)Nc1ccc(CCC(=O)N(C)Cc2cccn2C)cc1. The molecule has 5 nitrogen and oxygen atoms in total. The number of nitrogens with zero attached hydrogens (tertiary/aromatic N) is 2. The van der Waals surface area contributed by atoms with Crippen LogP contribution in [0.1, 0.15) is 17.7 Å². The lowest BCUT2D eigenvalue weighted by Crippen LogP contribution is -2.27. The summed E-state index contributed by atoms with van der Waals surface area (Å²) in [4.78, 5) is 25.2. The van der Waals surface area contributed by atoms with Crippen molar-refractivity contribution < 1.29 is 9.59 Å². The van der Waals surface area contributed by atoms with Crippen LogP contribution in [-0.4, -0.2) is 28.3 Å². The number of carbonyl (C=O) groups is 2. The molecule has 0 aliphatic rings. The van der Waals surface area contributed by atoms with Crippen LogP contribution in [0.3, 0.4) is 0 Å². The van der Waals surface area contributed by atoms with Crippen molar-refractivity contribution in [1.82, 2.24) is 9.47 Å². The lowest BCUT2D eigenvalue weighted by atomic mass is 10.1. The van der Waals surface area contributed by atoms with Crippen LogP contribution in [0.2, 0.25) is 0 Å². The monoisotopic (exact) mass is 325 g/mol. The number of carbonyl (C=O) groups excluding carboxylic acids is 2. The molecule has 0 atom stereocenters. The van der Waals surface area contributed by atoms with Gasteiger partial charge in [0, 0.05) is 38.1 Å². The number of rotatable bonds is 7. The molecule has 1 heterocycles. The van der Waals surface area contributed by atoms with Crippen molar-refractivity contribution >= 4 is 17.5 Å². The number of aryl methyl sites for hydroxylation is 2. The smallest absolute Gasteiger partial charge is 0.247 e. The molecule has 5 heteroatoms. The molecule has 0 saturated heterocycles. The van der Waals surface area contributed by atoms with E-state index in [-0.39, 0.29) is 11.8 Å². The van der Waals surface area contributed by atoms with E-state index in [1.54, 1.807) is 4.90 Å². The van der Waals surface area contributed by atoms with E-state index in [9.17, 15) is 9.59 Å². The summed E-state index contributed by atoms with van der Waals surface area (Å²) in [6, 6.07) is 11.5. The summed E-state index contributed by atoms with van der Waals surface area (Å²) in [6.45, 7) is 4.02. The van der Waals surface area contributed by atoms with Crippen molar-refractivity contribution in [1.29, 1.82) is 0 Å². The molecule has 1 aromatic carbocycles. The quantitative estimate of drug-likeness (QED) is 0.796. The van der Waals surface area contributed by atoms with Gasteiger partial charge in [0.15, 0.2) is 0 Å². The molecule has 0 aliphatic carbocycles. The molecule has 1 N–H and O–H groups in total. The van der Waals surface area contributed by atoms with Crippen LogP contribution < -0.4 is 5.32 Å². The standard InChI is InChI=1S/C19H23N3O2/c1-4-18(23)20-16-10-7-15(8-11-16)9-12-19(24)22(3)14-17-6-5-13-21(17)2/h4-8,10-11,13H,1,9,12,14H2,2-3H3,(H,20,23). The summed E-state index contributed by atoms with van der Waals surface area (Å²) in [7, 11) is 3.80. The third-order valence-corrected chi connectivity index (χ3v) is 3.91. The minimum Gasteiger partial charge on any atom is -0.353 e. The van der Waals surface area contributed by atoms with Gasteiger partial charge in [0.2, 0.25) is 11.8 Å². The number of hydrogen-bond donors (Lipinski definition) is 1. The van der Waals surface area contributed by atoms with Gasteiger partial charge >= 0.3 is 0 Å². The molecule has 0 spiro atoms. The van der Waals surface area contributed by atoms with Gasteiger partial charge in [-0.1, -0.05) is 18.7 Å². The molecule has 2 rings (SSSR count). The molecule has 0 radical (unpaired) electrons. The molecule has 0 aliphatic heterocycles. The Morgan fingerprint density at radius 2 is 1.96 bits per heavy atom. The van der Waals surface area contributed by atoms with Crippen molar-refractivity contribution in [2.75, 3.05) is 12.4 Å². The summed E-state index contributed by atoms with van der Waals surface area (Å²) >= 11 is 0. The number of amides is 2. The molecule has 1 aromatic heterocycles. The molecule has 0 unspecified atom stereocenters. The van der Waals surface area contributed by atoms with Crippen LogP contribution in [-0.2, 0) is 29.6 Å². The minimum atomic E-state index is -0.236. The molecule has 126 valence electrons. The van der Waals surface area contributed by atoms with Gasteiger partial charge < -0.3 is 14.8 Å². The highest BCUT2D eigenvalue weighted by atomic mass is 16.2. The summed E-state index contributed by atoms with van der Waals surface area (Å²) in [5.74, 6) is -0.125. The number of aromatic nitrogens is 1. The lowest BCUT2D eigenvalue weighted by molar-refractivity contribution is -0.130. The van der Waals surface area contributed by atoms with Crippen LogP contribution in [0.5, 0.6) is 0 Å². The fourth-order valence-electron chi connectivity index (χ4n) is 2.38. The zero-order valence-electron chi connectivity index (χ0n) is 14.2. The third-order valence-electron chi connectivity index (χ3n) is 3.91. The summed E-state index contributed by atoms with van der Waals surface area (Å²) in [5, 5.41) is 2.70. The maximum atomic E-state index is 12.3. The van der Waals surface area contributed by atoms with Crippen LogP contribution in [0.4, 0.5) is 5.69 Å². The van der Waals surface area contributed by atoms with E-state index in [0.29, 0.717) is 19.4 Å². The average molecular weight is 325 g/mol. The molecular weight excluding hydrogens is 302 g/mol. The van der Waals surface area contributed by atoms with E-state index >= 15 is 0 Å². The number of benzene rings is 1. The highest BCUT2D eigenvalue weighted by Gasteiger charge is 2.11. The van der Waals surface area contributed by atoms with Gasteiger partial charge in [-0.2, -0.15) is 0 Å². The second-order valence-electron chi connectivity index (χ2n) is 5.75. The van der Waals surface area contributed by atoms with E-state index in [0.717, 1.165) is 16.9 Å². The van der Waals surface area contributed by atoms with Crippen molar-refractivity contribution in [3.05, 3.63) is 66.5 Å². The highest BCUT2D eigenvalue weighted by molar-refractivity contribution is 5.98. The van der Waals surface area contributed by atoms with Gasteiger partial charge in [-0.3, -0.25) is 9.59 Å². The van der Waals surface area contributed by atoms with Crippen molar-refractivity contribution in [2.24, 2.45) is 7.05 Å². The Bertz CT molecular complexity index is 716. The van der Waals surface area contributed by atoms with Crippen molar-refractivity contribution in [2.45, 2.75) is 19.4 Å². The Morgan fingerprint density at radius 3 is 2.54 bits per heavy atom. The van der Waals surface area contributed by atoms with Crippen LogP contribution in [0.15, 0.2) is 55.3 Å².